The highest BCUT2D eigenvalue weighted by Crippen LogP contribution is 2.42. The predicted octanol–water partition coefficient (Wildman–Crippen LogP) is -0.566. The molecule has 19 nitrogen and oxygen atoms in total. The SMILES string of the molecule is CC=C(N=C=S)C(=O)OC1C(COC(C)=O)OC(C2(O)CC(=O)C(=N)C(C(=O)O)=C2O)C(O)C1OC1CC(OC)C(O)(C(C)OC(C)=O)C(C)O1. The molecule has 0 radical (unpaired) electrons. The number of hydrogen-bond donors (Lipinski definition) is 6. The van der Waals surface area contributed by atoms with Gasteiger partial charge in [0.25, 0.3) is 0 Å². The molecule has 51 heavy (non-hydrogen) atoms. The molecule has 2 fully saturated rings. The summed E-state index contributed by atoms with van der Waals surface area (Å²) in [6, 6.07) is 0. The summed E-state index contributed by atoms with van der Waals surface area (Å²) in [7, 11) is 1.25. The number of aliphatic imine (C=N–C) groups is 1. The summed E-state index contributed by atoms with van der Waals surface area (Å²) in [6.45, 7) is 5.66. The normalized spacial score (nSPS) is 35.0. The van der Waals surface area contributed by atoms with Gasteiger partial charge in [0.15, 0.2) is 35.1 Å². The quantitative estimate of drug-likeness (QED) is 0.0480. The zero-order valence-corrected chi connectivity index (χ0v) is 29.2. The van der Waals surface area contributed by atoms with Crippen LogP contribution in [0.15, 0.2) is 28.1 Å². The largest absolute Gasteiger partial charge is 0.508 e. The van der Waals surface area contributed by atoms with Crippen LogP contribution >= 0.6 is 12.2 Å². The predicted molar refractivity (Wildman–Crippen MR) is 170 cm³/mol. The van der Waals surface area contributed by atoms with Gasteiger partial charge in [-0.3, -0.25) is 19.8 Å². The Balaban J connectivity index is 2.17. The van der Waals surface area contributed by atoms with Crippen molar-refractivity contribution in [2.45, 2.75) is 114 Å². The number of isothiocyanates is 1. The first-order chi connectivity index (χ1) is 23.8. The molecule has 3 rings (SSSR count). The first kappa shape index (κ1) is 41.4. The molecule has 11 atom stereocenters. The van der Waals surface area contributed by atoms with Gasteiger partial charge in [0.05, 0.1) is 23.8 Å². The number of ketones is 1. The van der Waals surface area contributed by atoms with E-state index in [4.69, 9.17) is 38.6 Å². The average molecular weight is 745 g/mol. The maximum Gasteiger partial charge on any atom is 0.357 e. The fourth-order valence-corrected chi connectivity index (χ4v) is 6.35. The Hall–Kier alpha value is -3.98. The maximum absolute atomic E-state index is 13.2. The molecule has 0 amide bonds. The van der Waals surface area contributed by atoms with E-state index in [0.29, 0.717) is 0 Å². The number of ether oxygens (including phenoxy) is 7. The number of hydrogen-bond acceptors (Lipinski definition) is 19. The Morgan fingerprint density at radius 3 is 2.35 bits per heavy atom. The second-order valence-corrected chi connectivity index (χ2v) is 12.2. The van der Waals surface area contributed by atoms with Crippen molar-refractivity contribution in [1.82, 2.24) is 0 Å². The molecule has 2 heterocycles. The first-order valence-corrected chi connectivity index (χ1v) is 15.9. The zero-order valence-electron chi connectivity index (χ0n) is 28.4. The Labute approximate surface area is 296 Å². The molecule has 0 aromatic carbocycles. The van der Waals surface area contributed by atoms with Crippen LogP contribution in [0.25, 0.3) is 0 Å². The Kier molecular flexibility index (Phi) is 13.5. The lowest BCUT2D eigenvalue weighted by Crippen LogP contribution is -2.70. The number of rotatable bonds is 12. The van der Waals surface area contributed by atoms with Crippen molar-refractivity contribution < 1.29 is 82.7 Å². The van der Waals surface area contributed by atoms with Crippen LogP contribution in [0.1, 0.15) is 47.5 Å². The van der Waals surface area contributed by atoms with Gasteiger partial charge in [-0.2, -0.15) is 4.99 Å². The number of Topliss-reactive ketones (excluding diaryl/α,β-unsaturated/α-hetero) is 1. The number of esters is 3. The summed E-state index contributed by atoms with van der Waals surface area (Å²) in [5.41, 5.74) is -7.72. The molecule has 0 spiro atoms. The Morgan fingerprint density at radius 2 is 1.82 bits per heavy atom. The number of methoxy groups -OCH3 is 1. The Bertz CT molecular complexity index is 1540. The first-order valence-electron chi connectivity index (χ1n) is 15.4. The minimum Gasteiger partial charge on any atom is -0.508 e. The van der Waals surface area contributed by atoms with E-state index in [1.165, 1.54) is 34.0 Å². The van der Waals surface area contributed by atoms with Crippen molar-refractivity contribution in [2.75, 3.05) is 13.7 Å². The van der Waals surface area contributed by atoms with Crippen LogP contribution in [0.4, 0.5) is 0 Å². The number of nitrogens with one attached hydrogen (secondary N) is 1. The van der Waals surface area contributed by atoms with Gasteiger partial charge in [-0.15, -0.1) is 0 Å². The van der Waals surface area contributed by atoms with Gasteiger partial charge in [-0.1, -0.05) is 6.08 Å². The lowest BCUT2D eigenvalue weighted by molar-refractivity contribution is -0.345. The van der Waals surface area contributed by atoms with Gasteiger partial charge in [-0.05, 0) is 33.0 Å². The van der Waals surface area contributed by atoms with Crippen LogP contribution in [0.5, 0.6) is 0 Å². The zero-order chi connectivity index (χ0) is 38.6. The number of thiocarbonyl (C=S) groups is 1. The van der Waals surface area contributed by atoms with Crippen molar-refractivity contribution in [3.63, 3.8) is 0 Å². The smallest absolute Gasteiger partial charge is 0.357 e. The molecule has 1 aliphatic carbocycles. The van der Waals surface area contributed by atoms with Crippen LogP contribution in [-0.4, -0.2) is 146 Å². The molecular weight excluding hydrogens is 704 g/mol. The number of nitrogens with zero attached hydrogens (tertiary/aromatic N) is 1. The van der Waals surface area contributed by atoms with E-state index in [2.05, 4.69) is 17.2 Å². The van der Waals surface area contributed by atoms with Crippen molar-refractivity contribution in [1.29, 1.82) is 5.41 Å². The highest BCUT2D eigenvalue weighted by molar-refractivity contribution is 7.78. The topological polar surface area (TPSA) is 287 Å². The van der Waals surface area contributed by atoms with Gasteiger partial charge in [-0.25, -0.2) is 9.59 Å². The third-order valence-electron chi connectivity index (χ3n) is 8.81. The summed E-state index contributed by atoms with van der Waals surface area (Å²) >= 11 is 4.58. The van der Waals surface area contributed by atoms with E-state index in [-0.39, 0.29) is 12.1 Å². The van der Waals surface area contributed by atoms with E-state index in [0.717, 1.165) is 13.8 Å². The summed E-state index contributed by atoms with van der Waals surface area (Å²) in [6.07, 6.45) is -15.0. The molecule has 6 N–H and O–H groups in total. The number of carbonyl (C=O) groups excluding carboxylic acids is 4. The number of aliphatic carboxylic acids is 1. The van der Waals surface area contributed by atoms with E-state index in [9.17, 15) is 49.5 Å². The number of carboxylic acid groups (broad SMARTS) is 1. The van der Waals surface area contributed by atoms with Crippen LogP contribution < -0.4 is 0 Å². The van der Waals surface area contributed by atoms with E-state index in [1.54, 1.807) is 0 Å². The van der Waals surface area contributed by atoms with E-state index >= 15 is 0 Å². The number of aliphatic hydroxyl groups excluding tert-OH is 2. The highest BCUT2D eigenvalue weighted by Gasteiger charge is 2.62. The minimum absolute atomic E-state index is 0.323. The van der Waals surface area contributed by atoms with Gasteiger partial charge in [0.1, 0.15) is 54.2 Å². The maximum atomic E-state index is 13.2. The van der Waals surface area contributed by atoms with Gasteiger partial charge in [0.2, 0.25) is 0 Å². The lowest BCUT2D eigenvalue weighted by Gasteiger charge is -2.52. The van der Waals surface area contributed by atoms with Gasteiger partial charge < -0.3 is 58.7 Å². The van der Waals surface area contributed by atoms with Gasteiger partial charge >= 0.3 is 23.9 Å². The molecule has 0 aromatic rings. The number of allylic oxidation sites excluding steroid dienone is 1. The molecule has 11 unspecified atom stereocenters. The molecule has 0 saturated carbocycles. The summed E-state index contributed by atoms with van der Waals surface area (Å²) in [5, 5.41) is 65.7. The molecule has 20 heteroatoms. The summed E-state index contributed by atoms with van der Waals surface area (Å²) < 4.78 is 39.4. The lowest BCUT2D eigenvalue weighted by atomic mass is 9.74. The summed E-state index contributed by atoms with van der Waals surface area (Å²) in [5.74, 6) is -7.31. The summed E-state index contributed by atoms with van der Waals surface area (Å²) in [4.78, 5) is 65.1. The van der Waals surface area contributed by atoms with Crippen LogP contribution in [0, 0.1) is 5.41 Å². The van der Waals surface area contributed by atoms with Crippen LogP contribution in [0.3, 0.4) is 0 Å². The van der Waals surface area contributed by atoms with Crippen molar-refractivity contribution in [3.05, 3.63) is 23.1 Å². The fourth-order valence-electron chi connectivity index (χ4n) is 6.25. The molecule has 2 saturated heterocycles. The monoisotopic (exact) mass is 744 g/mol. The highest BCUT2D eigenvalue weighted by atomic mass is 32.1. The molecule has 282 valence electrons. The Morgan fingerprint density at radius 1 is 1.18 bits per heavy atom. The van der Waals surface area contributed by atoms with E-state index in [1.807, 2.05) is 5.16 Å². The molecule has 3 aliphatic rings. The fraction of sp³-hybridized carbons (Fsp3) is 0.645. The minimum atomic E-state index is -3.02. The van der Waals surface area contributed by atoms with Crippen LogP contribution in [-0.2, 0) is 57.1 Å². The van der Waals surface area contributed by atoms with Crippen molar-refractivity contribution in [3.8, 4) is 0 Å². The number of aliphatic hydroxyl groups is 4. The molecule has 0 aromatic heterocycles. The molecular formula is C31H40N2O17S. The number of carboxylic acids is 1. The second-order valence-electron chi connectivity index (χ2n) is 12.0. The van der Waals surface area contributed by atoms with Crippen molar-refractivity contribution >= 4 is 52.8 Å². The third kappa shape index (κ3) is 8.40. The van der Waals surface area contributed by atoms with Crippen molar-refractivity contribution in [2.24, 2.45) is 4.99 Å². The van der Waals surface area contributed by atoms with Gasteiger partial charge in [0, 0.05) is 27.4 Å². The standard InChI is InChI=1S/C31H40N2O17S/c1-7-16(33-11-51)29(41)50-24-18(10-45-14(4)34)48-27(30(42)9-17(36)22(32)21(26(30)38)28(39)40)23(37)25(24)49-20-8-19(44-6)31(43,13(3)47-20)12(2)46-15(5)35/h7,12-13,18-20,23-25,27,32,37-38,42-43H,8-10H2,1-6H3,(H,39,40). The molecule has 2 aliphatic heterocycles. The van der Waals surface area contributed by atoms with E-state index < -0.39 is 126 Å². The number of carbonyl (C=O) groups is 5. The molecule has 0 bridgehead atoms. The second kappa shape index (κ2) is 16.6. The average Bonchev–Trinajstić information content (AvgIpc) is 3.04. The van der Waals surface area contributed by atoms with Crippen LogP contribution in [0.2, 0.25) is 0 Å². The third-order valence-corrected chi connectivity index (χ3v) is 8.90.